The van der Waals surface area contributed by atoms with E-state index in [1.54, 1.807) is 19.1 Å². The van der Waals surface area contributed by atoms with Gasteiger partial charge in [-0.3, -0.25) is 4.79 Å². The van der Waals surface area contributed by atoms with E-state index in [0.29, 0.717) is 35.2 Å². The Hall–Kier alpha value is -3.91. The lowest BCUT2D eigenvalue weighted by atomic mass is 9.88. The minimum absolute atomic E-state index is 0.100. The van der Waals surface area contributed by atoms with Crippen LogP contribution in [0.4, 0.5) is 9.80 Å². The van der Waals surface area contributed by atoms with Crippen LogP contribution in [0.15, 0.2) is 33.5 Å². The van der Waals surface area contributed by atoms with Crippen LogP contribution in [0.5, 0.6) is 0 Å². The monoisotopic (exact) mass is 467 g/mol. The summed E-state index contributed by atoms with van der Waals surface area (Å²) in [5.41, 5.74) is 2.24. The van der Waals surface area contributed by atoms with E-state index in [1.807, 2.05) is 0 Å². The molecule has 11 heteroatoms. The zero-order chi connectivity index (χ0) is 23.2. The molecule has 2 N–H and O–H groups in total. The summed E-state index contributed by atoms with van der Waals surface area (Å²) in [6, 6.07) is 3.96. The number of nitriles is 1. The van der Waals surface area contributed by atoms with Crippen molar-refractivity contribution in [3.63, 3.8) is 0 Å². The number of carbonyl (C=O) groups excluding carboxylic acids is 2. The third-order valence-corrected chi connectivity index (χ3v) is 6.26. The fourth-order valence-corrected chi connectivity index (χ4v) is 4.81. The lowest BCUT2D eigenvalue weighted by molar-refractivity contribution is -0.111. The van der Waals surface area contributed by atoms with Gasteiger partial charge in [0.2, 0.25) is 17.7 Å². The van der Waals surface area contributed by atoms with Crippen LogP contribution >= 0.6 is 11.3 Å². The van der Waals surface area contributed by atoms with E-state index in [-0.39, 0.29) is 25.0 Å². The molecular formula is C22H21N5O5S. The lowest BCUT2D eigenvalue weighted by Gasteiger charge is -2.21. The number of rotatable bonds is 7. The molecule has 0 aromatic carbocycles. The van der Waals surface area contributed by atoms with Gasteiger partial charge >= 0.3 is 6.09 Å². The number of amides is 2. The summed E-state index contributed by atoms with van der Waals surface area (Å²) in [5, 5.41) is 23.1. The minimum Gasteiger partial charge on any atom is -0.472 e. The molecule has 1 atom stereocenters. The van der Waals surface area contributed by atoms with Crippen molar-refractivity contribution in [2.75, 3.05) is 11.9 Å². The van der Waals surface area contributed by atoms with Gasteiger partial charge in [0.1, 0.15) is 11.1 Å². The third kappa shape index (κ3) is 5.67. The molecular weight excluding hydrogens is 446 g/mol. The number of anilines is 1. The second-order valence-corrected chi connectivity index (χ2v) is 8.58. The Balaban J connectivity index is 1.31. The number of furan rings is 1. The van der Waals surface area contributed by atoms with Gasteiger partial charge in [0.05, 0.1) is 31.2 Å². The number of hydrogen-bond acceptors (Lipinski definition) is 9. The minimum atomic E-state index is -0.557. The summed E-state index contributed by atoms with van der Waals surface area (Å²) < 4.78 is 15.5. The molecule has 3 aromatic heterocycles. The second-order valence-electron chi connectivity index (χ2n) is 7.47. The Morgan fingerprint density at radius 3 is 3.03 bits per heavy atom. The second kappa shape index (κ2) is 10.1. The van der Waals surface area contributed by atoms with Crippen LogP contribution in [0.3, 0.4) is 0 Å². The molecule has 0 saturated heterocycles. The highest BCUT2D eigenvalue weighted by molar-refractivity contribution is 7.16. The van der Waals surface area contributed by atoms with Crippen molar-refractivity contribution in [2.24, 2.45) is 5.92 Å². The number of alkyl carbamates (subject to hydrolysis) is 1. The topological polar surface area (TPSA) is 143 Å². The quantitative estimate of drug-likeness (QED) is 0.502. The molecule has 0 saturated carbocycles. The molecule has 170 valence electrons. The van der Waals surface area contributed by atoms with Crippen molar-refractivity contribution in [2.45, 2.75) is 32.7 Å². The first-order chi connectivity index (χ1) is 16.0. The molecule has 10 nitrogen and oxygen atoms in total. The smallest absolute Gasteiger partial charge is 0.407 e. The predicted octanol–water partition coefficient (Wildman–Crippen LogP) is 3.59. The maximum atomic E-state index is 12.3. The average Bonchev–Trinajstić information content (AvgIpc) is 3.54. The van der Waals surface area contributed by atoms with Gasteiger partial charge < -0.3 is 24.2 Å². The van der Waals surface area contributed by atoms with Gasteiger partial charge in [0.15, 0.2) is 0 Å². The molecule has 0 radical (unpaired) electrons. The normalized spacial score (nSPS) is 15.1. The number of nitrogens with zero attached hydrogens (tertiary/aromatic N) is 3. The summed E-state index contributed by atoms with van der Waals surface area (Å²) >= 11 is 1.40. The number of nitrogens with one attached hydrogen (secondary N) is 2. The molecule has 2 amide bonds. The van der Waals surface area contributed by atoms with Crippen LogP contribution in [-0.2, 0) is 28.9 Å². The van der Waals surface area contributed by atoms with E-state index in [4.69, 9.17) is 13.6 Å². The maximum Gasteiger partial charge on any atom is 0.407 e. The van der Waals surface area contributed by atoms with Crippen LogP contribution in [0.25, 0.3) is 6.08 Å². The fraction of sp³-hybridized carbons (Fsp3) is 0.318. The van der Waals surface area contributed by atoms with E-state index in [9.17, 15) is 14.9 Å². The van der Waals surface area contributed by atoms with Gasteiger partial charge in [-0.15, -0.1) is 21.5 Å². The standard InChI is InChI=1S/C22H21N5O5S/c1-13-26-27-20(32-13)10-24-22(29)31-12-15-2-4-16-17(9-23)21(33-18(16)8-15)25-19(28)5-3-14-6-7-30-11-14/h3,5-7,11,15H,2,4,8,10,12H2,1H3,(H,24,29)(H,25,28). The van der Waals surface area contributed by atoms with Crippen molar-refractivity contribution >= 4 is 34.4 Å². The number of fused-ring (bicyclic) bond motifs is 1. The largest absolute Gasteiger partial charge is 0.472 e. The van der Waals surface area contributed by atoms with E-state index < -0.39 is 6.09 Å². The van der Waals surface area contributed by atoms with Crippen LogP contribution in [0.2, 0.25) is 0 Å². The van der Waals surface area contributed by atoms with Crippen molar-refractivity contribution in [3.8, 4) is 6.07 Å². The summed E-state index contributed by atoms with van der Waals surface area (Å²) in [7, 11) is 0. The van der Waals surface area contributed by atoms with E-state index >= 15 is 0 Å². The van der Waals surface area contributed by atoms with Gasteiger partial charge in [-0.25, -0.2) is 4.79 Å². The molecule has 0 bridgehead atoms. The molecule has 4 rings (SSSR count). The number of aryl methyl sites for hydroxylation is 1. The molecule has 1 aliphatic rings. The van der Waals surface area contributed by atoms with E-state index in [1.165, 1.54) is 29.9 Å². The molecule has 1 aliphatic carbocycles. The predicted molar refractivity (Wildman–Crippen MR) is 118 cm³/mol. The number of aromatic nitrogens is 2. The zero-order valence-corrected chi connectivity index (χ0v) is 18.6. The zero-order valence-electron chi connectivity index (χ0n) is 17.8. The number of carbonyl (C=O) groups is 2. The first kappa shape index (κ1) is 22.3. The molecule has 33 heavy (non-hydrogen) atoms. The van der Waals surface area contributed by atoms with Crippen LogP contribution in [-0.4, -0.2) is 28.8 Å². The first-order valence-electron chi connectivity index (χ1n) is 10.3. The Kier molecular flexibility index (Phi) is 6.85. The number of hydrogen-bond donors (Lipinski definition) is 2. The first-order valence-corrected chi connectivity index (χ1v) is 11.1. The highest BCUT2D eigenvalue weighted by atomic mass is 32.1. The van der Waals surface area contributed by atoms with Crippen LogP contribution < -0.4 is 10.6 Å². The SMILES string of the molecule is Cc1nnc(CNC(=O)OCC2CCc3c(sc(NC(=O)C=Cc4ccoc4)c3C#N)C2)o1. The summed E-state index contributed by atoms with van der Waals surface area (Å²) in [6.07, 6.45) is 7.67. The molecule has 3 heterocycles. The highest BCUT2D eigenvalue weighted by Gasteiger charge is 2.27. The molecule has 1 unspecified atom stereocenters. The van der Waals surface area contributed by atoms with Gasteiger partial charge in [0.25, 0.3) is 0 Å². The van der Waals surface area contributed by atoms with E-state index in [2.05, 4.69) is 26.9 Å². The Morgan fingerprint density at radius 1 is 1.42 bits per heavy atom. The summed E-state index contributed by atoms with van der Waals surface area (Å²) in [5.74, 6) is 0.543. The fourth-order valence-electron chi connectivity index (χ4n) is 3.50. The molecule has 3 aromatic rings. The van der Waals surface area contributed by atoms with Crippen LogP contribution in [0, 0.1) is 24.2 Å². The maximum absolute atomic E-state index is 12.3. The molecule has 0 fully saturated rings. The third-order valence-electron chi connectivity index (χ3n) is 5.09. The van der Waals surface area contributed by atoms with Gasteiger partial charge in [0, 0.05) is 23.4 Å². The Morgan fingerprint density at radius 2 is 2.30 bits per heavy atom. The van der Waals surface area contributed by atoms with Crippen LogP contribution in [0.1, 0.15) is 39.8 Å². The lowest BCUT2D eigenvalue weighted by Crippen LogP contribution is -2.27. The van der Waals surface area contributed by atoms with Gasteiger partial charge in [-0.2, -0.15) is 5.26 Å². The van der Waals surface area contributed by atoms with Crippen molar-refractivity contribution in [1.29, 1.82) is 5.26 Å². The van der Waals surface area contributed by atoms with Crippen molar-refractivity contribution in [3.05, 3.63) is 58.0 Å². The Bertz CT molecular complexity index is 1200. The van der Waals surface area contributed by atoms with Gasteiger partial charge in [-0.1, -0.05) is 0 Å². The van der Waals surface area contributed by atoms with Gasteiger partial charge in [-0.05, 0) is 42.9 Å². The number of thiophene rings is 1. The molecule has 0 spiro atoms. The Labute approximate surface area is 193 Å². The van der Waals surface area contributed by atoms with E-state index in [0.717, 1.165) is 22.4 Å². The highest BCUT2D eigenvalue weighted by Crippen LogP contribution is 2.39. The van der Waals surface area contributed by atoms with Crippen molar-refractivity contribution < 1.29 is 23.2 Å². The average molecular weight is 468 g/mol. The summed E-state index contributed by atoms with van der Waals surface area (Å²) in [4.78, 5) is 25.3. The number of ether oxygens (including phenoxy) is 1. The van der Waals surface area contributed by atoms with Crippen molar-refractivity contribution in [1.82, 2.24) is 15.5 Å². The molecule has 0 aliphatic heterocycles. The summed E-state index contributed by atoms with van der Waals surface area (Å²) in [6.45, 7) is 2.02.